The van der Waals surface area contributed by atoms with E-state index in [1.807, 2.05) is 0 Å². The molecule has 5 nitrogen and oxygen atoms in total. The van der Waals surface area contributed by atoms with Gasteiger partial charge < -0.3 is 14.6 Å². The van der Waals surface area contributed by atoms with Gasteiger partial charge in [-0.05, 0) is 37.6 Å². The SMILES string of the molecule is CCOC(=O)C(C)Oc1cc(F)cc(/C=C/C(=O)O)c1. The summed E-state index contributed by atoms with van der Waals surface area (Å²) in [7, 11) is 0. The van der Waals surface area contributed by atoms with E-state index in [2.05, 4.69) is 0 Å². The molecule has 1 aromatic rings. The van der Waals surface area contributed by atoms with Crippen LogP contribution in [0.2, 0.25) is 0 Å². The van der Waals surface area contributed by atoms with Crippen molar-refractivity contribution >= 4 is 18.0 Å². The van der Waals surface area contributed by atoms with E-state index < -0.39 is 23.9 Å². The molecule has 0 aliphatic rings. The first-order valence-electron chi connectivity index (χ1n) is 5.97. The molecule has 0 aliphatic heterocycles. The lowest BCUT2D eigenvalue weighted by Gasteiger charge is -2.13. The Morgan fingerprint density at radius 3 is 2.70 bits per heavy atom. The maximum Gasteiger partial charge on any atom is 0.347 e. The minimum atomic E-state index is -1.14. The van der Waals surface area contributed by atoms with Gasteiger partial charge in [-0.3, -0.25) is 0 Å². The number of esters is 1. The average molecular weight is 282 g/mol. The fourth-order valence-corrected chi connectivity index (χ4v) is 1.43. The zero-order chi connectivity index (χ0) is 15.1. The zero-order valence-electron chi connectivity index (χ0n) is 11.1. The fourth-order valence-electron chi connectivity index (χ4n) is 1.43. The van der Waals surface area contributed by atoms with Crippen molar-refractivity contribution in [3.8, 4) is 5.75 Å². The van der Waals surface area contributed by atoms with Gasteiger partial charge in [0.2, 0.25) is 0 Å². The quantitative estimate of drug-likeness (QED) is 0.640. The van der Waals surface area contributed by atoms with Crippen LogP contribution in [0, 0.1) is 5.82 Å². The molecule has 108 valence electrons. The van der Waals surface area contributed by atoms with Crippen molar-refractivity contribution in [2.24, 2.45) is 0 Å². The summed E-state index contributed by atoms with van der Waals surface area (Å²) in [6.07, 6.45) is 1.23. The monoisotopic (exact) mass is 282 g/mol. The smallest absolute Gasteiger partial charge is 0.347 e. The van der Waals surface area contributed by atoms with Gasteiger partial charge in [-0.1, -0.05) is 0 Å². The van der Waals surface area contributed by atoms with Crippen LogP contribution in [0.3, 0.4) is 0 Å². The topological polar surface area (TPSA) is 72.8 Å². The van der Waals surface area contributed by atoms with Crippen LogP contribution in [0.5, 0.6) is 5.75 Å². The molecule has 0 saturated carbocycles. The molecule has 0 aliphatic carbocycles. The molecule has 1 N–H and O–H groups in total. The van der Waals surface area contributed by atoms with Gasteiger partial charge in [0.05, 0.1) is 6.61 Å². The summed E-state index contributed by atoms with van der Waals surface area (Å²) >= 11 is 0. The van der Waals surface area contributed by atoms with Crippen molar-refractivity contribution in [3.05, 3.63) is 35.7 Å². The van der Waals surface area contributed by atoms with Crippen LogP contribution in [0.1, 0.15) is 19.4 Å². The number of hydrogen-bond donors (Lipinski definition) is 1. The van der Waals surface area contributed by atoms with E-state index in [9.17, 15) is 14.0 Å². The van der Waals surface area contributed by atoms with E-state index in [0.717, 1.165) is 18.2 Å². The number of carboxylic acid groups (broad SMARTS) is 1. The second-order valence-electron chi connectivity index (χ2n) is 3.90. The van der Waals surface area contributed by atoms with Gasteiger partial charge in [0.15, 0.2) is 6.10 Å². The summed E-state index contributed by atoms with van der Waals surface area (Å²) in [4.78, 5) is 21.8. The van der Waals surface area contributed by atoms with Crippen molar-refractivity contribution in [1.82, 2.24) is 0 Å². The number of aliphatic carboxylic acids is 1. The van der Waals surface area contributed by atoms with E-state index in [1.54, 1.807) is 6.92 Å². The second-order valence-corrected chi connectivity index (χ2v) is 3.90. The first-order valence-corrected chi connectivity index (χ1v) is 5.97. The molecule has 1 aromatic carbocycles. The summed E-state index contributed by atoms with van der Waals surface area (Å²) in [5.74, 6) is -2.17. The molecule has 20 heavy (non-hydrogen) atoms. The Hall–Kier alpha value is -2.37. The maximum absolute atomic E-state index is 13.4. The summed E-state index contributed by atoms with van der Waals surface area (Å²) in [6, 6.07) is 3.69. The van der Waals surface area contributed by atoms with Crippen LogP contribution in [0.15, 0.2) is 24.3 Å². The van der Waals surface area contributed by atoms with Gasteiger partial charge in [-0.25, -0.2) is 14.0 Å². The molecule has 1 unspecified atom stereocenters. The third-order valence-electron chi connectivity index (χ3n) is 2.24. The van der Waals surface area contributed by atoms with Crippen molar-refractivity contribution in [2.75, 3.05) is 6.61 Å². The summed E-state index contributed by atoms with van der Waals surface area (Å²) in [6.45, 7) is 3.37. The highest BCUT2D eigenvalue weighted by molar-refractivity contribution is 5.85. The van der Waals surface area contributed by atoms with Gasteiger partial charge >= 0.3 is 11.9 Å². The normalized spacial score (nSPS) is 12.2. The number of hydrogen-bond acceptors (Lipinski definition) is 4. The summed E-state index contributed by atoms with van der Waals surface area (Å²) < 4.78 is 23.4. The molecule has 1 atom stereocenters. The molecule has 0 bridgehead atoms. The van der Waals surface area contributed by atoms with Gasteiger partial charge in [-0.2, -0.15) is 0 Å². The van der Waals surface area contributed by atoms with Crippen LogP contribution < -0.4 is 4.74 Å². The van der Waals surface area contributed by atoms with E-state index in [4.69, 9.17) is 14.6 Å². The Kier molecular flexibility index (Phi) is 5.71. The number of benzene rings is 1. The first kappa shape index (κ1) is 15.7. The lowest BCUT2D eigenvalue weighted by Crippen LogP contribution is -2.26. The molecule has 6 heteroatoms. The van der Waals surface area contributed by atoms with Gasteiger partial charge in [0.25, 0.3) is 0 Å². The molecule has 0 saturated heterocycles. The minimum Gasteiger partial charge on any atom is -0.479 e. The molecular weight excluding hydrogens is 267 g/mol. The number of carboxylic acids is 1. The Morgan fingerprint density at radius 1 is 1.40 bits per heavy atom. The van der Waals surface area contributed by atoms with Crippen molar-refractivity contribution < 1.29 is 28.6 Å². The Balaban J connectivity index is 2.85. The molecule has 0 radical (unpaired) electrons. The highest BCUT2D eigenvalue weighted by atomic mass is 19.1. The molecule has 1 rings (SSSR count). The van der Waals surface area contributed by atoms with E-state index in [-0.39, 0.29) is 12.4 Å². The molecule has 0 amide bonds. The van der Waals surface area contributed by atoms with Crippen LogP contribution in [0.25, 0.3) is 6.08 Å². The predicted octanol–water partition coefficient (Wildman–Crippen LogP) is 2.25. The Labute approximate surface area is 115 Å². The van der Waals surface area contributed by atoms with Crippen molar-refractivity contribution in [2.45, 2.75) is 20.0 Å². The third kappa shape index (κ3) is 5.09. The van der Waals surface area contributed by atoms with Gasteiger partial charge in [0, 0.05) is 12.1 Å². The van der Waals surface area contributed by atoms with Gasteiger partial charge in [-0.15, -0.1) is 0 Å². The number of ether oxygens (including phenoxy) is 2. The van der Waals surface area contributed by atoms with E-state index >= 15 is 0 Å². The number of rotatable bonds is 6. The minimum absolute atomic E-state index is 0.121. The predicted molar refractivity (Wildman–Crippen MR) is 69.8 cm³/mol. The second kappa shape index (κ2) is 7.28. The van der Waals surface area contributed by atoms with Crippen molar-refractivity contribution in [1.29, 1.82) is 0 Å². The largest absolute Gasteiger partial charge is 0.479 e. The van der Waals surface area contributed by atoms with E-state index in [1.165, 1.54) is 19.1 Å². The van der Waals surface area contributed by atoms with E-state index in [0.29, 0.717) is 5.56 Å². The van der Waals surface area contributed by atoms with Crippen molar-refractivity contribution in [3.63, 3.8) is 0 Å². The molecule has 0 fully saturated rings. The highest BCUT2D eigenvalue weighted by Crippen LogP contribution is 2.19. The number of carbonyl (C=O) groups is 2. The van der Waals surface area contributed by atoms with Gasteiger partial charge in [0.1, 0.15) is 11.6 Å². The first-order chi connectivity index (χ1) is 9.42. The Morgan fingerprint density at radius 2 is 2.10 bits per heavy atom. The Bertz CT molecular complexity index is 524. The van der Waals surface area contributed by atoms with Crippen LogP contribution >= 0.6 is 0 Å². The highest BCUT2D eigenvalue weighted by Gasteiger charge is 2.16. The molecule has 0 heterocycles. The van der Waals surface area contributed by atoms with Crippen LogP contribution in [-0.4, -0.2) is 29.8 Å². The third-order valence-corrected chi connectivity index (χ3v) is 2.24. The molecular formula is C14H15FO5. The number of carbonyl (C=O) groups excluding carboxylic acids is 1. The molecule has 0 spiro atoms. The maximum atomic E-state index is 13.4. The fraction of sp³-hybridized carbons (Fsp3) is 0.286. The summed E-state index contributed by atoms with van der Waals surface area (Å²) in [5, 5.41) is 8.52. The molecule has 0 aromatic heterocycles. The lowest BCUT2D eigenvalue weighted by molar-refractivity contribution is -0.150. The standard InChI is InChI=1S/C14H15FO5/c1-3-19-14(18)9(2)20-12-7-10(4-5-13(16)17)6-11(15)8-12/h4-9H,3H2,1-2H3,(H,16,17)/b5-4+. The lowest BCUT2D eigenvalue weighted by atomic mass is 10.2. The summed E-state index contributed by atoms with van der Waals surface area (Å²) in [5.41, 5.74) is 0.318. The van der Waals surface area contributed by atoms with Crippen LogP contribution in [-0.2, 0) is 14.3 Å². The van der Waals surface area contributed by atoms with Crippen LogP contribution in [0.4, 0.5) is 4.39 Å². The average Bonchev–Trinajstić information content (AvgIpc) is 2.36. The zero-order valence-corrected chi connectivity index (χ0v) is 11.1. The number of halogens is 1.